The molecule has 1 unspecified atom stereocenters. The fraction of sp³-hybridized carbons (Fsp3) is 0.875. The number of thioether (sulfide) groups is 1. The fourth-order valence-electron chi connectivity index (χ4n) is 0.700. The molecule has 0 saturated heterocycles. The number of carboxylic acids is 1. The molecule has 0 spiro atoms. The van der Waals surface area contributed by atoms with E-state index >= 15 is 0 Å². The van der Waals surface area contributed by atoms with Gasteiger partial charge >= 0.3 is 5.97 Å². The van der Waals surface area contributed by atoms with E-state index in [1.54, 1.807) is 6.92 Å². The van der Waals surface area contributed by atoms with Crippen LogP contribution in [0.3, 0.4) is 0 Å². The van der Waals surface area contributed by atoms with Gasteiger partial charge in [-0.15, -0.1) is 11.8 Å². The lowest BCUT2D eigenvalue weighted by molar-refractivity contribution is -0.149. The van der Waals surface area contributed by atoms with Crippen LogP contribution in [0.2, 0.25) is 0 Å². The molecule has 0 bridgehead atoms. The van der Waals surface area contributed by atoms with Crippen LogP contribution < -0.4 is 0 Å². The number of hydrogen-bond acceptors (Lipinski definition) is 3. The zero-order valence-corrected chi connectivity index (χ0v) is 8.36. The molecule has 0 aromatic rings. The van der Waals surface area contributed by atoms with E-state index in [0.717, 1.165) is 24.6 Å². The van der Waals surface area contributed by atoms with Crippen LogP contribution in [0.5, 0.6) is 0 Å². The maximum atomic E-state index is 10.6. The Kier molecular flexibility index (Phi) is 5.33. The smallest absolute Gasteiger partial charge is 0.346 e. The standard InChI is InChI=1S/C8H16O3S/c1-3-5-6-12-8(11,4-2)7(9)10/h11H,3-6H2,1-2H3,(H,9,10). The van der Waals surface area contributed by atoms with E-state index in [9.17, 15) is 9.90 Å². The molecule has 0 heterocycles. The summed E-state index contributed by atoms with van der Waals surface area (Å²) in [5, 5.41) is 18.1. The van der Waals surface area contributed by atoms with Gasteiger partial charge in [0.15, 0.2) is 0 Å². The van der Waals surface area contributed by atoms with Crippen molar-refractivity contribution < 1.29 is 15.0 Å². The third-order valence-electron chi connectivity index (χ3n) is 1.65. The van der Waals surface area contributed by atoms with E-state index in [-0.39, 0.29) is 6.42 Å². The van der Waals surface area contributed by atoms with Crippen molar-refractivity contribution in [2.75, 3.05) is 5.75 Å². The van der Waals surface area contributed by atoms with Crippen molar-refractivity contribution in [2.24, 2.45) is 0 Å². The number of aliphatic carboxylic acids is 1. The first kappa shape index (κ1) is 11.8. The molecule has 0 aliphatic rings. The fourth-order valence-corrected chi connectivity index (χ4v) is 1.80. The molecule has 72 valence electrons. The summed E-state index contributed by atoms with van der Waals surface area (Å²) in [5.41, 5.74) is 0. The Bertz CT molecular complexity index is 149. The van der Waals surface area contributed by atoms with Crippen molar-refractivity contribution in [2.45, 2.75) is 38.0 Å². The van der Waals surface area contributed by atoms with E-state index in [4.69, 9.17) is 5.11 Å². The molecule has 1 atom stereocenters. The van der Waals surface area contributed by atoms with Gasteiger partial charge in [0.05, 0.1) is 0 Å². The van der Waals surface area contributed by atoms with Crippen molar-refractivity contribution in [1.29, 1.82) is 0 Å². The zero-order valence-electron chi connectivity index (χ0n) is 7.54. The molecule has 0 fully saturated rings. The van der Waals surface area contributed by atoms with Gasteiger partial charge in [0.1, 0.15) is 0 Å². The van der Waals surface area contributed by atoms with E-state index in [1.807, 2.05) is 6.92 Å². The van der Waals surface area contributed by atoms with Crippen LogP contribution in [0, 0.1) is 0 Å². The van der Waals surface area contributed by atoms with Gasteiger partial charge in [-0.25, -0.2) is 4.79 Å². The summed E-state index contributed by atoms with van der Waals surface area (Å²) in [6.07, 6.45) is 2.21. The molecule has 0 aromatic heterocycles. The minimum Gasteiger partial charge on any atom is -0.478 e. The Morgan fingerprint density at radius 2 is 2.08 bits per heavy atom. The van der Waals surface area contributed by atoms with Gasteiger partial charge < -0.3 is 10.2 Å². The van der Waals surface area contributed by atoms with Crippen LogP contribution in [-0.2, 0) is 4.79 Å². The molecule has 0 amide bonds. The van der Waals surface area contributed by atoms with E-state index in [0.29, 0.717) is 5.75 Å². The van der Waals surface area contributed by atoms with Crippen molar-refractivity contribution in [1.82, 2.24) is 0 Å². The molecule has 0 rings (SSSR count). The van der Waals surface area contributed by atoms with Gasteiger partial charge in [-0.2, -0.15) is 0 Å². The van der Waals surface area contributed by atoms with E-state index in [2.05, 4.69) is 0 Å². The predicted molar refractivity (Wildman–Crippen MR) is 50.2 cm³/mol. The zero-order chi connectivity index (χ0) is 9.61. The van der Waals surface area contributed by atoms with Gasteiger partial charge in [-0.3, -0.25) is 0 Å². The summed E-state index contributed by atoms with van der Waals surface area (Å²) in [4.78, 5) is 9.00. The third-order valence-corrected chi connectivity index (χ3v) is 3.09. The second kappa shape index (κ2) is 5.43. The number of unbranched alkanes of at least 4 members (excludes halogenated alkanes) is 1. The third kappa shape index (κ3) is 3.45. The SMILES string of the molecule is CCCCSC(O)(CC)C(=O)O. The highest BCUT2D eigenvalue weighted by molar-refractivity contribution is 8.01. The first-order valence-corrected chi connectivity index (χ1v) is 5.15. The van der Waals surface area contributed by atoms with Gasteiger partial charge in [0, 0.05) is 0 Å². The minimum atomic E-state index is -1.57. The minimum absolute atomic E-state index is 0.247. The highest BCUT2D eigenvalue weighted by Gasteiger charge is 2.33. The maximum Gasteiger partial charge on any atom is 0.346 e. The Balaban J connectivity index is 3.88. The van der Waals surface area contributed by atoms with Gasteiger partial charge in [-0.1, -0.05) is 20.3 Å². The summed E-state index contributed by atoms with van der Waals surface area (Å²) in [7, 11) is 0. The van der Waals surface area contributed by atoms with Crippen LogP contribution >= 0.6 is 11.8 Å². The number of hydrogen-bond donors (Lipinski definition) is 2. The lowest BCUT2D eigenvalue weighted by Gasteiger charge is -2.20. The first-order valence-electron chi connectivity index (χ1n) is 4.16. The molecule has 0 saturated carbocycles. The monoisotopic (exact) mass is 192 g/mol. The van der Waals surface area contributed by atoms with E-state index in [1.165, 1.54) is 0 Å². The molecule has 3 nitrogen and oxygen atoms in total. The maximum absolute atomic E-state index is 10.6. The summed E-state index contributed by atoms with van der Waals surface area (Å²) in [6, 6.07) is 0. The Hall–Kier alpha value is -0.220. The number of carboxylic acid groups (broad SMARTS) is 1. The Morgan fingerprint density at radius 1 is 1.50 bits per heavy atom. The van der Waals surface area contributed by atoms with E-state index < -0.39 is 10.9 Å². The summed E-state index contributed by atoms with van der Waals surface area (Å²) in [6.45, 7) is 3.71. The molecule has 2 N–H and O–H groups in total. The first-order chi connectivity index (χ1) is 5.56. The molecule has 12 heavy (non-hydrogen) atoms. The van der Waals surface area contributed by atoms with Crippen LogP contribution in [0.25, 0.3) is 0 Å². The van der Waals surface area contributed by atoms with Gasteiger partial charge in [0.25, 0.3) is 0 Å². The topological polar surface area (TPSA) is 57.5 Å². The number of aliphatic hydroxyl groups is 1. The lowest BCUT2D eigenvalue weighted by Crippen LogP contribution is -2.34. The van der Waals surface area contributed by atoms with Crippen molar-refractivity contribution in [3.8, 4) is 0 Å². The average molecular weight is 192 g/mol. The highest BCUT2D eigenvalue weighted by atomic mass is 32.2. The summed E-state index contributed by atoms with van der Waals surface area (Å²) < 4.78 is 0. The Morgan fingerprint density at radius 3 is 2.42 bits per heavy atom. The molecular weight excluding hydrogens is 176 g/mol. The quantitative estimate of drug-likeness (QED) is 0.497. The Labute approximate surface area is 77.2 Å². The lowest BCUT2D eigenvalue weighted by atomic mass is 10.3. The molecule has 0 aromatic carbocycles. The highest BCUT2D eigenvalue weighted by Crippen LogP contribution is 2.26. The molecule has 0 radical (unpaired) electrons. The van der Waals surface area contributed by atoms with Crippen molar-refractivity contribution in [3.63, 3.8) is 0 Å². The molecular formula is C8H16O3S. The van der Waals surface area contributed by atoms with Crippen LogP contribution in [0.1, 0.15) is 33.1 Å². The average Bonchev–Trinajstić information content (AvgIpc) is 2.04. The molecule has 0 aliphatic carbocycles. The summed E-state index contributed by atoms with van der Waals surface area (Å²) >= 11 is 1.11. The van der Waals surface area contributed by atoms with Crippen LogP contribution in [0.4, 0.5) is 0 Å². The second-order valence-electron chi connectivity index (χ2n) is 2.65. The number of rotatable bonds is 6. The molecule has 4 heteroatoms. The van der Waals surface area contributed by atoms with Crippen molar-refractivity contribution in [3.05, 3.63) is 0 Å². The van der Waals surface area contributed by atoms with Crippen molar-refractivity contribution >= 4 is 17.7 Å². The van der Waals surface area contributed by atoms with Gasteiger partial charge in [-0.05, 0) is 18.6 Å². The largest absolute Gasteiger partial charge is 0.478 e. The molecule has 0 aliphatic heterocycles. The normalized spacial score (nSPS) is 15.6. The number of carbonyl (C=O) groups is 1. The predicted octanol–water partition coefficient (Wildman–Crippen LogP) is 1.70. The van der Waals surface area contributed by atoms with Crippen LogP contribution in [-0.4, -0.2) is 26.9 Å². The van der Waals surface area contributed by atoms with Crippen LogP contribution in [0.15, 0.2) is 0 Å². The summed E-state index contributed by atoms with van der Waals surface area (Å²) in [5.74, 6) is -0.432. The second-order valence-corrected chi connectivity index (χ2v) is 4.02. The van der Waals surface area contributed by atoms with Gasteiger partial charge in [0.2, 0.25) is 4.93 Å².